The highest BCUT2D eigenvalue weighted by Gasteiger charge is 2.25. The second kappa shape index (κ2) is 5.35. The van der Waals surface area contributed by atoms with E-state index in [1.165, 1.54) is 0 Å². The average molecular weight is 214 g/mol. The van der Waals surface area contributed by atoms with Crippen LogP contribution in [0.2, 0.25) is 0 Å². The average Bonchev–Trinajstić information content (AvgIpc) is 2.12. The smallest absolute Gasteiger partial charge is 0.317 e. The number of morpholine rings is 1. The van der Waals surface area contributed by atoms with Gasteiger partial charge in [0, 0.05) is 19.6 Å². The number of amides is 2. The zero-order valence-corrected chi connectivity index (χ0v) is 10.1. The van der Waals surface area contributed by atoms with Crippen molar-refractivity contribution in [2.75, 3.05) is 19.6 Å². The minimum Gasteiger partial charge on any atom is -0.372 e. The van der Waals surface area contributed by atoms with E-state index in [2.05, 4.69) is 19.2 Å². The second-order valence-corrected chi connectivity index (χ2v) is 4.74. The molecule has 1 N–H and O–H groups in total. The number of nitrogens with zero attached hydrogens (tertiary/aromatic N) is 1. The van der Waals surface area contributed by atoms with Gasteiger partial charge in [0.25, 0.3) is 0 Å². The molecule has 15 heavy (non-hydrogen) atoms. The molecule has 1 aliphatic rings. The standard InChI is InChI=1S/C11H22N2O2/c1-8(2)5-12-11(14)13-6-9(3)15-10(4)7-13/h8-10H,5-7H2,1-4H3,(H,12,14). The highest BCUT2D eigenvalue weighted by molar-refractivity contribution is 5.74. The normalized spacial score (nSPS) is 26.9. The lowest BCUT2D eigenvalue weighted by molar-refractivity contribution is -0.0545. The van der Waals surface area contributed by atoms with Crippen molar-refractivity contribution in [3.63, 3.8) is 0 Å². The monoisotopic (exact) mass is 214 g/mol. The summed E-state index contributed by atoms with van der Waals surface area (Å²) >= 11 is 0. The van der Waals surface area contributed by atoms with Crippen LogP contribution in [-0.4, -0.2) is 42.8 Å². The van der Waals surface area contributed by atoms with E-state index < -0.39 is 0 Å². The number of urea groups is 1. The molecule has 2 unspecified atom stereocenters. The van der Waals surface area contributed by atoms with Crippen molar-refractivity contribution < 1.29 is 9.53 Å². The fraction of sp³-hybridized carbons (Fsp3) is 0.909. The van der Waals surface area contributed by atoms with Crippen LogP contribution in [0, 0.1) is 5.92 Å². The number of hydrogen-bond donors (Lipinski definition) is 1. The molecule has 0 aromatic rings. The molecule has 0 spiro atoms. The molecule has 4 heteroatoms. The maximum Gasteiger partial charge on any atom is 0.317 e. The van der Waals surface area contributed by atoms with Crippen LogP contribution in [0.1, 0.15) is 27.7 Å². The molecule has 1 fully saturated rings. The van der Waals surface area contributed by atoms with Crippen LogP contribution in [-0.2, 0) is 4.74 Å². The van der Waals surface area contributed by atoms with E-state index in [0.717, 1.165) is 6.54 Å². The topological polar surface area (TPSA) is 41.6 Å². The molecular weight excluding hydrogens is 192 g/mol. The number of nitrogens with one attached hydrogen (secondary N) is 1. The van der Waals surface area contributed by atoms with Gasteiger partial charge >= 0.3 is 6.03 Å². The van der Waals surface area contributed by atoms with Gasteiger partial charge < -0.3 is 15.0 Å². The molecule has 1 saturated heterocycles. The molecule has 0 bridgehead atoms. The van der Waals surface area contributed by atoms with Gasteiger partial charge in [-0.25, -0.2) is 4.79 Å². The fourth-order valence-electron chi connectivity index (χ4n) is 1.75. The van der Waals surface area contributed by atoms with Crippen molar-refractivity contribution in [2.24, 2.45) is 5.92 Å². The van der Waals surface area contributed by atoms with E-state index in [-0.39, 0.29) is 18.2 Å². The highest BCUT2D eigenvalue weighted by atomic mass is 16.5. The molecule has 4 nitrogen and oxygen atoms in total. The van der Waals surface area contributed by atoms with E-state index >= 15 is 0 Å². The molecule has 88 valence electrons. The Morgan fingerprint density at radius 3 is 2.40 bits per heavy atom. The maximum absolute atomic E-state index is 11.8. The highest BCUT2D eigenvalue weighted by Crippen LogP contribution is 2.10. The maximum atomic E-state index is 11.8. The van der Waals surface area contributed by atoms with Gasteiger partial charge in [0.05, 0.1) is 12.2 Å². The predicted molar refractivity (Wildman–Crippen MR) is 59.8 cm³/mol. The summed E-state index contributed by atoms with van der Waals surface area (Å²) in [6.07, 6.45) is 0.275. The quantitative estimate of drug-likeness (QED) is 0.756. The van der Waals surface area contributed by atoms with Crippen LogP contribution in [0.4, 0.5) is 4.79 Å². The van der Waals surface area contributed by atoms with Gasteiger partial charge in [-0.15, -0.1) is 0 Å². The second-order valence-electron chi connectivity index (χ2n) is 4.74. The molecule has 0 aromatic heterocycles. The van der Waals surface area contributed by atoms with Crippen molar-refractivity contribution in [3.8, 4) is 0 Å². The molecule has 0 aromatic carbocycles. The van der Waals surface area contributed by atoms with E-state index in [1.807, 2.05) is 18.7 Å². The lowest BCUT2D eigenvalue weighted by atomic mass is 10.2. The first kappa shape index (κ1) is 12.3. The summed E-state index contributed by atoms with van der Waals surface area (Å²) < 4.78 is 5.57. The van der Waals surface area contributed by atoms with Gasteiger partial charge in [-0.05, 0) is 19.8 Å². The van der Waals surface area contributed by atoms with Crippen LogP contribution < -0.4 is 5.32 Å². The van der Waals surface area contributed by atoms with Crippen LogP contribution in [0.5, 0.6) is 0 Å². The van der Waals surface area contributed by atoms with Crippen LogP contribution in [0.25, 0.3) is 0 Å². The van der Waals surface area contributed by atoms with Gasteiger partial charge in [0.2, 0.25) is 0 Å². The Labute approximate surface area is 92.0 Å². The Hall–Kier alpha value is -0.770. The third-order valence-electron chi connectivity index (χ3n) is 2.37. The lowest BCUT2D eigenvalue weighted by Crippen LogP contribution is -2.52. The minimum absolute atomic E-state index is 0.0331. The lowest BCUT2D eigenvalue weighted by Gasteiger charge is -2.35. The third kappa shape index (κ3) is 4.08. The zero-order valence-electron chi connectivity index (χ0n) is 10.1. The molecule has 0 radical (unpaired) electrons. The first-order valence-corrected chi connectivity index (χ1v) is 5.67. The Kier molecular flexibility index (Phi) is 4.39. The fourth-order valence-corrected chi connectivity index (χ4v) is 1.75. The Bertz CT molecular complexity index is 209. The van der Waals surface area contributed by atoms with Gasteiger partial charge in [0.15, 0.2) is 0 Å². The number of carbonyl (C=O) groups excluding carboxylic acids is 1. The Morgan fingerprint density at radius 2 is 1.93 bits per heavy atom. The number of rotatable bonds is 2. The summed E-state index contributed by atoms with van der Waals surface area (Å²) in [5.74, 6) is 0.491. The zero-order chi connectivity index (χ0) is 11.4. The summed E-state index contributed by atoms with van der Waals surface area (Å²) in [5, 5.41) is 2.92. The van der Waals surface area contributed by atoms with E-state index in [9.17, 15) is 4.79 Å². The van der Waals surface area contributed by atoms with Crippen molar-refractivity contribution >= 4 is 6.03 Å². The van der Waals surface area contributed by atoms with E-state index in [1.54, 1.807) is 0 Å². The molecule has 1 rings (SSSR count). The largest absolute Gasteiger partial charge is 0.372 e. The van der Waals surface area contributed by atoms with Gasteiger partial charge in [0.1, 0.15) is 0 Å². The van der Waals surface area contributed by atoms with Gasteiger partial charge in [-0.1, -0.05) is 13.8 Å². The summed E-state index contributed by atoms with van der Waals surface area (Å²) in [6, 6.07) is 0.0331. The van der Waals surface area contributed by atoms with Gasteiger partial charge in [-0.3, -0.25) is 0 Å². The number of ether oxygens (including phenoxy) is 1. The van der Waals surface area contributed by atoms with E-state index in [0.29, 0.717) is 19.0 Å². The molecular formula is C11H22N2O2. The molecule has 2 atom stereocenters. The molecule has 1 aliphatic heterocycles. The molecule has 2 amide bonds. The molecule has 1 heterocycles. The predicted octanol–water partition coefficient (Wildman–Crippen LogP) is 1.46. The summed E-state index contributed by atoms with van der Waals surface area (Å²) in [4.78, 5) is 13.6. The molecule has 0 aliphatic carbocycles. The SMILES string of the molecule is CC(C)CNC(=O)N1CC(C)OC(C)C1. The van der Waals surface area contributed by atoms with Gasteiger partial charge in [-0.2, -0.15) is 0 Å². The van der Waals surface area contributed by atoms with Crippen molar-refractivity contribution in [1.29, 1.82) is 0 Å². The first-order chi connectivity index (χ1) is 6.99. The number of hydrogen-bond acceptors (Lipinski definition) is 2. The first-order valence-electron chi connectivity index (χ1n) is 5.67. The van der Waals surface area contributed by atoms with Crippen molar-refractivity contribution in [1.82, 2.24) is 10.2 Å². The Morgan fingerprint density at radius 1 is 1.40 bits per heavy atom. The summed E-state index contributed by atoms with van der Waals surface area (Å²) in [7, 11) is 0. The summed E-state index contributed by atoms with van der Waals surface area (Å²) in [6.45, 7) is 10.3. The van der Waals surface area contributed by atoms with Crippen LogP contribution in [0.15, 0.2) is 0 Å². The summed E-state index contributed by atoms with van der Waals surface area (Å²) in [5.41, 5.74) is 0. The van der Waals surface area contributed by atoms with E-state index in [4.69, 9.17) is 4.74 Å². The minimum atomic E-state index is 0.0331. The van der Waals surface area contributed by atoms with Crippen LogP contribution >= 0.6 is 0 Å². The van der Waals surface area contributed by atoms with Crippen LogP contribution in [0.3, 0.4) is 0 Å². The number of carbonyl (C=O) groups is 1. The Balaban J connectivity index is 2.38. The van der Waals surface area contributed by atoms with Crippen molar-refractivity contribution in [2.45, 2.75) is 39.9 Å². The third-order valence-corrected chi connectivity index (χ3v) is 2.37. The molecule has 0 saturated carbocycles. The van der Waals surface area contributed by atoms with Crippen molar-refractivity contribution in [3.05, 3.63) is 0 Å².